The molecule has 1 aromatic heterocycles. The van der Waals surface area contributed by atoms with Crippen LogP contribution in [-0.4, -0.2) is 29.6 Å². The standard InChI is InChI=1S/C14H27N5/c1-11(2)8-14(3,4)9-17-13-7-12(16-6-5-15)18-10-19-13/h7,10-11H,5-6,8-9,15H2,1-4H3,(H2,16,17,18,19). The SMILES string of the molecule is CC(C)CC(C)(C)CNc1cc(NCCN)ncn1. The summed E-state index contributed by atoms with van der Waals surface area (Å²) in [6.07, 6.45) is 2.75. The fourth-order valence-electron chi connectivity index (χ4n) is 2.26. The summed E-state index contributed by atoms with van der Waals surface area (Å²) < 4.78 is 0. The zero-order valence-corrected chi connectivity index (χ0v) is 12.5. The summed E-state index contributed by atoms with van der Waals surface area (Å²) in [6.45, 7) is 11.3. The molecule has 0 aliphatic carbocycles. The lowest BCUT2D eigenvalue weighted by atomic mass is 9.84. The van der Waals surface area contributed by atoms with Gasteiger partial charge in [0.25, 0.3) is 0 Å². The van der Waals surface area contributed by atoms with E-state index in [1.165, 1.54) is 6.42 Å². The average Bonchev–Trinajstić information content (AvgIpc) is 2.33. The van der Waals surface area contributed by atoms with E-state index < -0.39 is 0 Å². The quantitative estimate of drug-likeness (QED) is 0.672. The summed E-state index contributed by atoms with van der Waals surface area (Å²) in [5, 5.41) is 6.53. The van der Waals surface area contributed by atoms with Crippen LogP contribution < -0.4 is 16.4 Å². The second kappa shape index (κ2) is 7.28. The Morgan fingerprint density at radius 2 is 1.84 bits per heavy atom. The molecule has 5 heteroatoms. The third kappa shape index (κ3) is 6.38. The Kier molecular flexibility index (Phi) is 6.02. The number of nitrogens with one attached hydrogen (secondary N) is 2. The van der Waals surface area contributed by atoms with Gasteiger partial charge in [0.2, 0.25) is 0 Å². The third-order valence-electron chi connectivity index (χ3n) is 2.83. The van der Waals surface area contributed by atoms with Crippen molar-refractivity contribution in [3.63, 3.8) is 0 Å². The monoisotopic (exact) mass is 265 g/mol. The zero-order chi connectivity index (χ0) is 14.3. The van der Waals surface area contributed by atoms with Crippen molar-refractivity contribution >= 4 is 11.6 Å². The Bertz CT molecular complexity index is 376. The second-order valence-corrected chi connectivity index (χ2v) is 6.12. The minimum atomic E-state index is 0.254. The van der Waals surface area contributed by atoms with Crippen molar-refractivity contribution in [2.45, 2.75) is 34.1 Å². The van der Waals surface area contributed by atoms with Crippen LogP contribution in [0.3, 0.4) is 0 Å². The summed E-state index contributed by atoms with van der Waals surface area (Å²) >= 11 is 0. The molecular weight excluding hydrogens is 238 g/mol. The predicted octanol–water partition coefficient (Wildman–Crippen LogP) is 2.33. The van der Waals surface area contributed by atoms with Gasteiger partial charge < -0.3 is 16.4 Å². The first-order valence-electron chi connectivity index (χ1n) is 6.93. The van der Waals surface area contributed by atoms with Crippen LogP contribution in [0.15, 0.2) is 12.4 Å². The molecule has 0 atom stereocenters. The van der Waals surface area contributed by atoms with E-state index in [1.807, 2.05) is 6.07 Å². The molecule has 0 unspecified atom stereocenters. The number of anilines is 2. The summed E-state index contributed by atoms with van der Waals surface area (Å²) in [6, 6.07) is 1.92. The van der Waals surface area contributed by atoms with Crippen molar-refractivity contribution in [2.24, 2.45) is 17.1 Å². The van der Waals surface area contributed by atoms with Gasteiger partial charge in [0.05, 0.1) is 0 Å². The van der Waals surface area contributed by atoms with Gasteiger partial charge in [-0.05, 0) is 17.8 Å². The molecule has 1 rings (SSSR count). The van der Waals surface area contributed by atoms with Crippen LogP contribution in [0.2, 0.25) is 0 Å². The number of nitrogens with two attached hydrogens (primary N) is 1. The second-order valence-electron chi connectivity index (χ2n) is 6.12. The highest BCUT2D eigenvalue weighted by Crippen LogP contribution is 2.25. The van der Waals surface area contributed by atoms with E-state index in [-0.39, 0.29) is 5.41 Å². The van der Waals surface area contributed by atoms with Crippen LogP contribution in [-0.2, 0) is 0 Å². The molecule has 19 heavy (non-hydrogen) atoms. The van der Waals surface area contributed by atoms with Crippen LogP contribution in [0, 0.1) is 11.3 Å². The molecule has 1 heterocycles. The molecular formula is C14H27N5. The van der Waals surface area contributed by atoms with Crippen molar-refractivity contribution in [1.82, 2.24) is 9.97 Å². The number of rotatable bonds is 8. The van der Waals surface area contributed by atoms with E-state index in [9.17, 15) is 0 Å². The fourth-order valence-corrected chi connectivity index (χ4v) is 2.26. The lowest BCUT2D eigenvalue weighted by molar-refractivity contribution is 0.306. The number of aromatic nitrogens is 2. The maximum Gasteiger partial charge on any atom is 0.131 e. The van der Waals surface area contributed by atoms with E-state index in [0.29, 0.717) is 12.5 Å². The van der Waals surface area contributed by atoms with Gasteiger partial charge in [0.1, 0.15) is 18.0 Å². The van der Waals surface area contributed by atoms with E-state index in [4.69, 9.17) is 5.73 Å². The van der Waals surface area contributed by atoms with Crippen molar-refractivity contribution in [3.05, 3.63) is 12.4 Å². The van der Waals surface area contributed by atoms with Crippen molar-refractivity contribution in [3.8, 4) is 0 Å². The largest absolute Gasteiger partial charge is 0.369 e. The zero-order valence-electron chi connectivity index (χ0n) is 12.5. The minimum Gasteiger partial charge on any atom is -0.369 e. The first-order valence-corrected chi connectivity index (χ1v) is 6.93. The smallest absolute Gasteiger partial charge is 0.131 e. The van der Waals surface area contributed by atoms with Gasteiger partial charge in [0, 0.05) is 25.7 Å². The highest BCUT2D eigenvalue weighted by Gasteiger charge is 2.19. The van der Waals surface area contributed by atoms with Gasteiger partial charge >= 0.3 is 0 Å². The first-order chi connectivity index (χ1) is 8.93. The molecule has 1 aromatic rings. The molecule has 108 valence electrons. The Balaban J connectivity index is 2.52. The molecule has 0 saturated heterocycles. The molecule has 0 aliphatic heterocycles. The third-order valence-corrected chi connectivity index (χ3v) is 2.83. The summed E-state index contributed by atoms with van der Waals surface area (Å²) in [5.41, 5.74) is 5.71. The van der Waals surface area contributed by atoms with Crippen LogP contribution in [0.5, 0.6) is 0 Å². The minimum absolute atomic E-state index is 0.254. The van der Waals surface area contributed by atoms with Gasteiger partial charge in [0.15, 0.2) is 0 Å². The highest BCUT2D eigenvalue weighted by molar-refractivity contribution is 5.46. The normalized spacial score (nSPS) is 11.7. The van der Waals surface area contributed by atoms with Gasteiger partial charge in [-0.15, -0.1) is 0 Å². The Labute approximate surface area is 116 Å². The number of hydrogen-bond donors (Lipinski definition) is 3. The Morgan fingerprint density at radius 1 is 1.21 bits per heavy atom. The van der Waals surface area contributed by atoms with Crippen molar-refractivity contribution < 1.29 is 0 Å². The van der Waals surface area contributed by atoms with Crippen LogP contribution >= 0.6 is 0 Å². The molecule has 0 bridgehead atoms. The maximum absolute atomic E-state index is 5.45. The highest BCUT2D eigenvalue weighted by atomic mass is 15.1. The summed E-state index contributed by atoms with van der Waals surface area (Å²) in [4.78, 5) is 8.39. The fraction of sp³-hybridized carbons (Fsp3) is 0.714. The van der Waals surface area contributed by atoms with Crippen molar-refractivity contribution in [2.75, 3.05) is 30.3 Å². The molecule has 4 N–H and O–H groups in total. The van der Waals surface area contributed by atoms with Crippen LogP contribution in [0.4, 0.5) is 11.6 Å². The van der Waals surface area contributed by atoms with Crippen LogP contribution in [0.1, 0.15) is 34.1 Å². The molecule has 0 radical (unpaired) electrons. The first kappa shape index (κ1) is 15.7. The van der Waals surface area contributed by atoms with Gasteiger partial charge in [-0.1, -0.05) is 27.7 Å². The predicted molar refractivity (Wildman–Crippen MR) is 81.3 cm³/mol. The maximum atomic E-state index is 5.45. The average molecular weight is 265 g/mol. The molecule has 0 aromatic carbocycles. The van der Waals surface area contributed by atoms with E-state index in [0.717, 1.165) is 24.7 Å². The van der Waals surface area contributed by atoms with E-state index in [2.05, 4.69) is 48.3 Å². The molecule has 0 amide bonds. The topological polar surface area (TPSA) is 75.9 Å². The molecule has 0 aliphatic rings. The lowest BCUT2D eigenvalue weighted by Crippen LogP contribution is -2.25. The number of nitrogens with zero attached hydrogens (tertiary/aromatic N) is 2. The van der Waals surface area contributed by atoms with Gasteiger partial charge in [-0.3, -0.25) is 0 Å². The Morgan fingerprint density at radius 3 is 2.42 bits per heavy atom. The Hall–Kier alpha value is -1.36. The van der Waals surface area contributed by atoms with Gasteiger partial charge in [-0.25, -0.2) is 9.97 Å². The molecule has 0 fully saturated rings. The van der Waals surface area contributed by atoms with Crippen molar-refractivity contribution in [1.29, 1.82) is 0 Å². The number of hydrogen-bond acceptors (Lipinski definition) is 5. The lowest BCUT2D eigenvalue weighted by Gasteiger charge is -2.27. The van der Waals surface area contributed by atoms with Gasteiger partial charge in [-0.2, -0.15) is 0 Å². The summed E-state index contributed by atoms with van der Waals surface area (Å²) in [7, 11) is 0. The van der Waals surface area contributed by atoms with E-state index >= 15 is 0 Å². The summed E-state index contributed by atoms with van der Waals surface area (Å²) in [5.74, 6) is 2.36. The molecule has 5 nitrogen and oxygen atoms in total. The van der Waals surface area contributed by atoms with Crippen LogP contribution in [0.25, 0.3) is 0 Å². The van der Waals surface area contributed by atoms with E-state index in [1.54, 1.807) is 6.33 Å². The molecule has 0 spiro atoms. The molecule has 0 saturated carbocycles.